The van der Waals surface area contributed by atoms with E-state index in [1.165, 1.54) is 28.0 Å². The van der Waals surface area contributed by atoms with E-state index >= 15 is 0 Å². The van der Waals surface area contributed by atoms with E-state index in [9.17, 15) is 23.1 Å². The number of rotatable bonds is 6. The molecule has 1 atom stereocenters. The Morgan fingerprint density at radius 1 is 1.24 bits per heavy atom. The van der Waals surface area contributed by atoms with Gasteiger partial charge in [0.25, 0.3) is 0 Å². The molecule has 0 spiro atoms. The molecule has 3 aromatic rings. The highest BCUT2D eigenvalue weighted by Crippen LogP contribution is 2.42. The number of esters is 1. The Balaban J connectivity index is 1.68. The number of hydrogen-bond donors (Lipinski definition) is 1. The maximum Gasteiger partial charge on any atom is 0.416 e. The highest BCUT2D eigenvalue weighted by molar-refractivity contribution is 7.17. The molecule has 178 valence electrons. The van der Waals surface area contributed by atoms with Crippen molar-refractivity contribution < 1.29 is 27.8 Å². The molecule has 0 saturated carbocycles. The van der Waals surface area contributed by atoms with Crippen LogP contribution in [0.15, 0.2) is 24.3 Å². The van der Waals surface area contributed by atoms with E-state index in [2.05, 4.69) is 15.0 Å². The lowest BCUT2D eigenvalue weighted by Crippen LogP contribution is -2.39. The first-order valence-corrected chi connectivity index (χ1v) is 11.7. The number of halogens is 3. The molecule has 0 aliphatic carbocycles. The molecule has 1 aromatic carbocycles. The Bertz CT molecular complexity index is 1120. The Hall–Kier alpha value is -2.66. The third-order valence-corrected chi connectivity index (χ3v) is 6.95. The van der Waals surface area contributed by atoms with Gasteiger partial charge in [0.15, 0.2) is 5.82 Å². The van der Waals surface area contributed by atoms with Crippen LogP contribution in [-0.4, -0.2) is 50.3 Å². The van der Waals surface area contributed by atoms with E-state index in [4.69, 9.17) is 4.74 Å². The summed E-state index contributed by atoms with van der Waals surface area (Å²) in [5.41, 5.74) is -0.112. The minimum Gasteiger partial charge on any atom is -0.492 e. The zero-order valence-corrected chi connectivity index (χ0v) is 19.1. The molecule has 11 heteroatoms. The number of ether oxygens (including phenoxy) is 1. The van der Waals surface area contributed by atoms with E-state index < -0.39 is 17.8 Å². The lowest BCUT2D eigenvalue weighted by Gasteiger charge is -2.36. The molecule has 7 nitrogen and oxygen atoms in total. The molecule has 3 heterocycles. The summed E-state index contributed by atoms with van der Waals surface area (Å²) in [6.07, 6.45) is -2.68. The molecular weight excluding hydrogens is 457 g/mol. The third-order valence-electron chi connectivity index (χ3n) is 5.88. The standard InChI is InChI=1S/C22H25F3N4O3S/c1-3-16-26-21-29(27-16)19(30)18(33-21)17(13-5-7-15(8-6-13)22(23,24)25)28-11-9-14(10-12-28)20(31)32-4-2/h5-8,14,17,30H,3-4,9-12H2,1-2H3/t17-/m0/s1. The zero-order valence-electron chi connectivity index (χ0n) is 18.3. The molecule has 1 aliphatic rings. The van der Waals surface area contributed by atoms with Gasteiger partial charge in [0.2, 0.25) is 10.8 Å². The summed E-state index contributed by atoms with van der Waals surface area (Å²) >= 11 is 1.27. The van der Waals surface area contributed by atoms with Gasteiger partial charge in [0.1, 0.15) is 0 Å². The predicted octanol–water partition coefficient (Wildman–Crippen LogP) is 4.44. The van der Waals surface area contributed by atoms with Crippen LogP contribution in [0.5, 0.6) is 5.88 Å². The molecule has 1 saturated heterocycles. The van der Waals surface area contributed by atoms with E-state index in [1.807, 2.05) is 6.92 Å². The minimum atomic E-state index is -4.43. The Labute approximate surface area is 192 Å². The van der Waals surface area contributed by atoms with Crippen LogP contribution < -0.4 is 0 Å². The molecule has 1 fully saturated rings. The average Bonchev–Trinajstić information content (AvgIpc) is 3.33. The number of piperidine rings is 1. The van der Waals surface area contributed by atoms with Gasteiger partial charge in [-0.3, -0.25) is 9.69 Å². The largest absolute Gasteiger partial charge is 0.492 e. The number of carbonyl (C=O) groups excluding carboxylic acids is 1. The van der Waals surface area contributed by atoms with Crippen molar-refractivity contribution in [2.45, 2.75) is 45.3 Å². The SMILES string of the molecule is CCOC(=O)C1CCN([C@@H](c2ccc(C(F)(F)F)cc2)c2sc3nc(CC)nn3c2O)CC1. The smallest absolute Gasteiger partial charge is 0.416 e. The number of fused-ring (bicyclic) bond motifs is 1. The second-order valence-corrected chi connectivity index (χ2v) is 8.96. The van der Waals surface area contributed by atoms with Gasteiger partial charge >= 0.3 is 12.1 Å². The number of nitrogens with zero attached hydrogens (tertiary/aromatic N) is 4. The van der Waals surface area contributed by atoms with Crippen LogP contribution in [0, 0.1) is 5.92 Å². The van der Waals surface area contributed by atoms with Gasteiger partial charge in [0.05, 0.1) is 29.0 Å². The summed E-state index contributed by atoms with van der Waals surface area (Å²) in [7, 11) is 0. The second kappa shape index (κ2) is 9.30. The van der Waals surface area contributed by atoms with Crippen molar-refractivity contribution in [1.82, 2.24) is 19.5 Å². The van der Waals surface area contributed by atoms with E-state index in [1.54, 1.807) is 6.92 Å². The molecule has 0 bridgehead atoms. The summed E-state index contributed by atoms with van der Waals surface area (Å²) in [6, 6.07) is 4.50. The number of aryl methyl sites for hydroxylation is 1. The van der Waals surface area contributed by atoms with E-state index in [-0.39, 0.29) is 17.8 Å². The van der Waals surface area contributed by atoms with Crippen molar-refractivity contribution in [3.05, 3.63) is 46.1 Å². The lowest BCUT2D eigenvalue weighted by molar-refractivity contribution is -0.149. The van der Waals surface area contributed by atoms with Gasteiger partial charge in [-0.15, -0.1) is 5.10 Å². The summed E-state index contributed by atoms with van der Waals surface area (Å²) in [5.74, 6) is 0.0958. The Morgan fingerprint density at radius 3 is 2.45 bits per heavy atom. The van der Waals surface area contributed by atoms with Crippen molar-refractivity contribution in [3.63, 3.8) is 0 Å². The number of alkyl halides is 3. The molecule has 0 amide bonds. The number of hydrogen-bond acceptors (Lipinski definition) is 7. The molecule has 4 rings (SSSR count). The highest BCUT2D eigenvalue weighted by Gasteiger charge is 2.35. The fraction of sp³-hybridized carbons (Fsp3) is 0.500. The van der Waals surface area contributed by atoms with Crippen LogP contribution in [-0.2, 0) is 22.1 Å². The van der Waals surface area contributed by atoms with E-state index in [0.717, 1.165) is 12.1 Å². The first kappa shape index (κ1) is 23.5. The van der Waals surface area contributed by atoms with Gasteiger partial charge < -0.3 is 9.84 Å². The van der Waals surface area contributed by atoms with Crippen molar-refractivity contribution in [2.24, 2.45) is 5.92 Å². The summed E-state index contributed by atoms with van der Waals surface area (Å²) in [5, 5.41) is 15.3. The molecule has 1 aliphatic heterocycles. The van der Waals surface area contributed by atoms with Crippen molar-refractivity contribution in [3.8, 4) is 5.88 Å². The van der Waals surface area contributed by atoms with Gasteiger partial charge in [0, 0.05) is 6.42 Å². The molecule has 33 heavy (non-hydrogen) atoms. The molecule has 0 unspecified atom stereocenters. The van der Waals surface area contributed by atoms with Crippen molar-refractivity contribution in [2.75, 3.05) is 19.7 Å². The fourth-order valence-electron chi connectivity index (χ4n) is 4.15. The number of carbonyl (C=O) groups is 1. The molecule has 1 N–H and O–H groups in total. The Morgan fingerprint density at radius 2 is 1.91 bits per heavy atom. The first-order chi connectivity index (χ1) is 15.7. The van der Waals surface area contributed by atoms with E-state index in [0.29, 0.717) is 60.2 Å². The maximum atomic E-state index is 13.1. The van der Waals surface area contributed by atoms with Crippen LogP contribution in [0.25, 0.3) is 4.96 Å². The second-order valence-electron chi connectivity index (χ2n) is 7.95. The zero-order chi connectivity index (χ0) is 23.8. The van der Waals surface area contributed by atoms with Crippen LogP contribution in [0.3, 0.4) is 0 Å². The topological polar surface area (TPSA) is 80.0 Å². The number of aromatic nitrogens is 3. The summed E-state index contributed by atoms with van der Waals surface area (Å²) in [6.45, 7) is 5.06. The van der Waals surface area contributed by atoms with Crippen molar-refractivity contribution in [1.29, 1.82) is 0 Å². The monoisotopic (exact) mass is 482 g/mol. The number of thiazole rings is 1. The highest BCUT2D eigenvalue weighted by atomic mass is 32.1. The molecule has 2 aromatic heterocycles. The maximum absolute atomic E-state index is 13.1. The summed E-state index contributed by atoms with van der Waals surface area (Å²) in [4.78, 5) is 19.7. The quantitative estimate of drug-likeness (QED) is 0.524. The van der Waals surface area contributed by atoms with Gasteiger partial charge in [-0.2, -0.15) is 17.7 Å². The van der Waals surface area contributed by atoms with Gasteiger partial charge in [-0.25, -0.2) is 4.98 Å². The Kier molecular flexibility index (Phi) is 6.62. The molecular formula is C22H25F3N4O3S. The third kappa shape index (κ3) is 4.70. The summed E-state index contributed by atoms with van der Waals surface area (Å²) < 4.78 is 45.8. The predicted molar refractivity (Wildman–Crippen MR) is 116 cm³/mol. The first-order valence-electron chi connectivity index (χ1n) is 10.9. The molecule has 0 radical (unpaired) electrons. The van der Waals surface area contributed by atoms with Crippen LogP contribution in [0.1, 0.15) is 54.6 Å². The number of aromatic hydroxyl groups is 1. The van der Waals surface area contributed by atoms with Gasteiger partial charge in [-0.1, -0.05) is 30.4 Å². The minimum absolute atomic E-state index is 0.0698. The lowest BCUT2D eigenvalue weighted by atomic mass is 9.93. The number of benzene rings is 1. The van der Waals surface area contributed by atoms with Crippen LogP contribution in [0.4, 0.5) is 13.2 Å². The van der Waals surface area contributed by atoms with Crippen molar-refractivity contribution >= 4 is 22.3 Å². The average molecular weight is 483 g/mol. The fourth-order valence-corrected chi connectivity index (χ4v) is 5.29. The van der Waals surface area contributed by atoms with Crippen LogP contribution >= 0.6 is 11.3 Å². The normalized spacial score (nSPS) is 16.9. The number of likely N-dealkylation sites (tertiary alicyclic amines) is 1. The van der Waals surface area contributed by atoms with Crippen LogP contribution in [0.2, 0.25) is 0 Å². The van der Waals surface area contributed by atoms with Gasteiger partial charge in [-0.05, 0) is 50.6 Å².